The maximum Gasteiger partial charge on any atom is 0.216 e. The molecule has 0 atom stereocenters. The number of hydrazine groups is 1. The Hall–Kier alpha value is -2.82. The minimum atomic E-state index is -0.0244. The summed E-state index contributed by atoms with van der Waals surface area (Å²) in [6.45, 7) is 0. The van der Waals surface area contributed by atoms with Crippen molar-refractivity contribution in [1.82, 2.24) is 9.97 Å². The molecule has 8 heteroatoms. The average Bonchev–Trinajstić information content (AvgIpc) is 2.54. The lowest BCUT2D eigenvalue weighted by Gasteiger charge is -2.18. The van der Waals surface area contributed by atoms with Gasteiger partial charge in [0, 0.05) is 16.7 Å². The van der Waals surface area contributed by atoms with Gasteiger partial charge in [-0.25, -0.2) is 15.8 Å². The number of methoxy groups -OCH3 is 1. The highest BCUT2D eigenvalue weighted by Crippen LogP contribution is 2.32. The van der Waals surface area contributed by atoms with Crippen molar-refractivity contribution in [2.24, 2.45) is 11.6 Å². The van der Waals surface area contributed by atoms with Crippen LogP contribution in [0.15, 0.2) is 42.5 Å². The van der Waals surface area contributed by atoms with Gasteiger partial charge >= 0.3 is 0 Å². The van der Waals surface area contributed by atoms with E-state index in [1.165, 1.54) is 24.6 Å². The number of benzene rings is 1. The van der Waals surface area contributed by atoms with Crippen LogP contribution in [0, 0.1) is 11.3 Å². The summed E-state index contributed by atoms with van der Waals surface area (Å²) < 4.78 is 5.08. The summed E-state index contributed by atoms with van der Waals surface area (Å²) >= 11 is 6.05. The summed E-state index contributed by atoms with van der Waals surface area (Å²) in [4.78, 5) is 8.15. The zero-order valence-corrected chi connectivity index (χ0v) is 12.4. The molecule has 22 heavy (non-hydrogen) atoms. The van der Waals surface area contributed by atoms with Gasteiger partial charge in [-0.1, -0.05) is 11.6 Å². The Balaban J connectivity index is 2.55. The molecule has 1 aromatic heterocycles. The largest absolute Gasteiger partial charge is 0.481 e. The first-order valence-electron chi connectivity index (χ1n) is 6.12. The van der Waals surface area contributed by atoms with Crippen LogP contribution in [0.2, 0.25) is 5.02 Å². The summed E-state index contributed by atoms with van der Waals surface area (Å²) in [5.74, 6) is 6.35. The van der Waals surface area contributed by atoms with Crippen molar-refractivity contribution < 1.29 is 4.74 Å². The third-order valence-corrected chi connectivity index (χ3v) is 3.01. The number of anilines is 1. The van der Waals surface area contributed by atoms with Crippen molar-refractivity contribution in [1.29, 1.82) is 5.26 Å². The quantitative estimate of drug-likeness (QED) is 0.502. The molecule has 2 rings (SSSR count). The van der Waals surface area contributed by atoms with Crippen molar-refractivity contribution in [2.75, 3.05) is 12.1 Å². The van der Waals surface area contributed by atoms with E-state index in [1.54, 1.807) is 30.3 Å². The predicted octanol–water partition coefficient (Wildman–Crippen LogP) is 1.81. The van der Waals surface area contributed by atoms with Crippen molar-refractivity contribution in [2.45, 2.75) is 0 Å². The molecule has 0 aliphatic rings. The summed E-state index contributed by atoms with van der Waals surface area (Å²) in [5, 5.41) is 10.5. The van der Waals surface area contributed by atoms with Gasteiger partial charge in [-0.05, 0) is 18.2 Å². The van der Waals surface area contributed by atoms with Gasteiger partial charge in [0.25, 0.3) is 0 Å². The Morgan fingerprint density at radius 2 is 2.18 bits per heavy atom. The number of allylic oxidation sites excluding steroid dienone is 1. The molecule has 0 saturated heterocycles. The van der Waals surface area contributed by atoms with E-state index in [-0.39, 0.29) is 5.70 Å². The Morgan fingerprint density at radius 1 is 1.41 bits per heavy atom. The molecule has 0 spiro atoms. The number of ether oxygens (including phenoxy) is 1. The van der Waals surface area contributed by atoms with Gasteiger partial charge < -0.3 is 10.5 Å². The molecule has 112 valence electrons. The van der Waals surface area contributed by atoms with Crippen LogP contribution in [-0.4, -0.2) is 17.1 Å². The lowest BCUT2D eigenvalue weighted by Crippen LogP contribution is -2.26. The fraction of sp³-hybridized carbons (Fsp3) is 0.0714. The number of halogens is 1. The second kappa shape index (κ2) is 6.76. The number of hydrogen-bond acceptors (Lipinski definition) is 7. The average molecular weight is 317 g/mol. The lowest BCUT2D eigenvalue weighted by molar-refractivity contribution is 0.397. The number of nitrogens with zero attached hydrogens (tertiary/aromatic N) is 4. The fourth-order valence-electron chi connectivity index (χ4n) is 1.79. The fourth-order valence-corrected chi connectivity index (χ4v) is 1.96. The Bertz CT molecular complexity index is 755. The highest BCUT2D eigenvalue weighted by molar-refractivity contribution is 6.31. The molecule has 0 bridgehead atoms. The van der Waals surface area contributed by atoms with Crippen LogP contribution in [0.25, 0.3) is 11.3 Å². The van der Waals surface area contributed by atoms with E-state index in [4.69, 9.17) is 33.2 Å². The van der Waals surface area contributed by atoms with Crippen molar-refractivity contribution in [3.8, 4) is 23.2 Å². The highest BCUT2D eigenvalue weighted by atomic mass is 35.5. The molecule has 0 amide bonds. The molecule has 1 aromatic carbocycles. The summed E-state index contributed by atoms with van der Waals surface area (Å²) in [6, 6.07) is 8.53. The molecule has 0 fully saturated rings. The molecule has 0 saturated carbocycles. The molecule has 7 nitrogen and oxygen atoms in total. The zero-order valence-electron chi connectivity index (χ0n) is 11.7. The van der Waals surface area contributed by atoms with Crippen LogP contribution < -0.4 is 21.3 Å². The van der Waals surface area contributed by atoms with E-state index in [1.807, 2.05) is 0 Å². The number of nitriles is 1. The minimum absolute atomic E-state index is 0.0244. The van der Waals surface area contributed by atoms with Gasteiger partial charge in [0.15, 0.2) is 0 Å². The SMILES string of the molecule is COc1cc(-c2cc(Cl)ccc2N(N)/C=C(\N)C#N)ncn1. The molecular weight excluding hydrogens is 304 g/mol. The summed E-state index contributed by atoms with van der Waals surface area (Å²) in [7, 11) is 1.51. The predicted molar refractivity (Wildman–Crippen MR) is 83.6 cm³/mol. The third kappa shape index (κ3) is 3.44. The summed E-state index contributed by atoms with van der Waals surface area (Å²) in [5.41, 5.74) is 7.25. The number of rotatable bonds is 4. The molecule has 0 aliphatic heterocycles. The van der Waals surface area contributed by atoms with Crippen molar-refractivity contribution >= 4 is 17.3 Å². The smallest absolute Gasteiger partial charge is 0.216 e. The maximum atomic E-state index is 8.75. The molecule has 0 aliphatic carbocycles. The van der Waals surface area contributed by atoms with Gasteiger partial charge in [0.05, 0.1) is 24.7 Å². The first-order valence-corrected chi connectivity index (χ1v) is 6.50. The number of aromatic nitrogens is 2. The van der Waals surface area contributed by atoms with Crippen LogP contribution in [-0.2, 0) is 0 Å². The van der Waals surface area contributed by atoms with Crippen LogP contribution in [0.3, 0.4) is 0 Å². The van der Waals surface area contributed by atoms with Gasteiger partial charge in [0.2, 0.25) is 5.88 Å². The van der Waals surface area contributed by atoms with Gasteiger partial charge in [0.1, 0.15) is 18.1 Å². The maximum absolute atomic E-state index is 8.75. The van der Waals surface area contributed by atoms with Crippen molar-refractivity contribution in [3.05, 3.63) is 47.5 Å². The standard InChI is InChI=1S/C14H13ClN6O/c1-22-14-5-12(19-8-20-14)11-4-9(15)2-3-13(11)21(18)7-10(17)6-16/h2-5,7-8H,17-18H2,1H3/b10-7-. The normalized spacial score (nSPS) is 10.9. The van der Waals surface area contributed by atoms with Gasteiger partial charge in [-0.3, -0.25) is 5.01 Å². The number of hydrogen-bond donors (Lipinski definition) is 2. The topological polar surface area (TPSA) is 114 Å². The van der Waals surface area contributed by atoms with Gasteiger partial charge in [-0.15, -0.1) is 0 Å². The Labute approximate surface area is 132 Å². The van der Waals surface area contributed by atoms with E-state index in [2.05, 4.69) is 9.97 Å². The Morgan fingerprint density at radius 3 is 2.86 bits per heavy atom. The van der Waals surface area contributed by atoms with Gasteiger partial charge in [-0.2, -0.15) is 5.26 Å². The molecule has 2 aromatic rings. The molecule has 4 N–H and O–H groups in total. The van der Waals surface area contributed by atoms with E-state index < -0.39 is 0 Å². The lowest BCUT2D eigenvalue weighted by atomic mass is 10.1. The Kier molecular flexibility index (Phi) is 4.78. The first-order chi connectivity index (χ1) is 10.5. The van der Waals surface area contributed by atoms with Crippen molar-refractivity contribution in [3.63, 3.8) is 0 Å². The van der Waals surface area contributed by atoms with E-state index in [0.717, 1.165) is 0 Å². The van der Waals surface area contributed by atoms with Crippen LogP contribution in [0.5, 0.6) is 5.88 Å². The summed E-state index contributed by atoms with van der Waals surface area (Å²) in [6.07, 6.45) is 2.68. The van der Waals surface area contributed by atoms with Crippen LogP contribution in [0.4, 0.5) is 5.69 Å². The molecule has 0 radical (unpaired) electrons. The zero-order chi connectivity index (χ0) is 16.1. The number of nitrogens with two attached hydrogens (primary N) is 2. The molecular formula is C14H13ClN6O. The molecule has 0 unspecified atom stereocenters. The monoisotopic (exact) mass is 316 g/mol. The van der Waals surface area contributed by atoms with E-state index in [0.29, 0.717) is 27.8 Å². The second-order valence-electron chi connectivity index (χ2n) is 4.21. The third-order valence-electron chi connectivity index (χ3n) is 2.77. The second-order valence-corrected chi connectivity index (χ2v) is 4.65. The molecule has 1 heterocycles. The first kappa shape index (κ1) is 15.6. The van der Waals surface area contributed by atoms with Crippen LogP contribution >= 0.6 is 11.6 Å². The van der Waals surface area contributed by atoms with Crippen LogP contribution in [0.1, 0.15) is 0 Å². The minimum Gasteiger partial charge on any atom is -0.481 e. The highest BCUT2D eigenvalue weighted by Gasteiger charge is 2.12. The van der Waals surface area contributed by atoms with E-state index >= 15 is 0 Å². The van der Waals surface area contributed by atoms with E-state index in [9.17, 15) is 0 Å².